The van der Waals surface area contributed by atoms with Gasteiger partial charge in [0, 0.05) is 31.7 Å². The summed E-state index contributed by atoms with van der Waals surface area (Å²) in [5, 5.41) is 2.94. The molecule has 0 amide bonds. The summed E-state index contributed by atoms with van der Waals surface area (Å²) in [6.45, 7) is 3.36. The maximum absolute atomic E-state index is 14.9. The largest absolute Gasteiger partial charge is 0.338 e. The van der Waals surface area contributed by atoms with Crippen LogP contribution in [0.2, 0.25) is 0 Å². The first kappa shape index (κ1) is 28.3. The summed E-state index contributed by atoms with van der Waals surface area (Å²) in [7, 11) is -2.50. The maximum Gasteiger partial charge on any atom is 0.336 e. The van der Waals surface area contributed by atoms with E-state index in [4.69, 9.17) is 5.73 Å². The quantitative estimate of drug-likeness (QED) is 0.234. The smallest absolute Gasteiger partial charge is 0.336 e. The number of fused-ring (bicyclic) bond motifs is 1. The van der Waals surface area contributed by atoms with E-state index in [1.807, 2.05) is 0 Å². The second-order valence-electron chi connectivity index (χ2n) is 10.0. The van der Waals surface area contributed by atoms with Crippen LogP contribution in [-0.2, 0) is 17.3 Å². The van der Waals surface area contributed by atoms with Crippen LogP contribution >= 0.6 is 0 Å². The molecule has 1 fully saturated rings. The van der Waals surface area contributed by atoms with Gasteiger partial charge >= 0.3 is 5.69 Å². The number of aromatic nitrogens is 3. The third kappa shape index (κ3) is 5.28. The summed E-state index contributed by atoms with van der Waals surface area (Å²) in [5.41, 5.74) is 4.85. The molecular weight excluding hydrogens is 553 g/mol. The predicted octanol–water partition coefficient (Wildman–Crippen LogP) is 1.89. The Balaban J connectivity index is 1.81. The number of hydrogen-bond donors (Lipinski definition) is 4. The second kappa shape index (κ2) is 10.6. The first-order valence-electron chi connectivity index (χ1n) is 13.0. The third-order valence-electron chi connectivity index (χ3n) is 6.93. The molecule has 1 aliphatic rings. The third-order valence-corrected chi connectivity index (χ3v) is 8.01. The zero-order valence-corrected chi connectivity index (χ0v) is 23.5. The van der Waals surface area contributed by atoms with E-state index in [1.54, 1.807) is 19.1 Å². The summed E-state index contributed by atoms with van der Waals surface area (Å²) in [5.74, 6) is -0.556. The molecule has 5 rings (SSSR count). The molecule has 2 aromatic carbocycles. The van der Waals surface area contributed by atoms with Gasteiger partial charge in [-0.25, -0.2) is 9.18 Å². The van der Waals surface area contributed by atoms with Crippen molar-refractivity contribution in [2.24, 2.45) is 12.8 Å². The molecule has 1 aliphatic carbocycles. The highest BCUT2D eigenvalue weighted by Gasteiger charge is 2.31. The Morgan fingerprint density at radius 1 is 1.05 bits per heavy atom. The number of pyridine rings is 1. The first-order chi connectivity index (χ1) is 19.4. The standard InChI is InChI=1S/C27H30FN7O5S/c1-15-7-10-21(20(28)13-15)31-24-22-23(16(2)25(36)33(24)3)34(27(38)35(26(22)37)18-8-9-18)19-6-4-5-17(14-19)32-41(39,40)30-12-11-29/h4-7,10,13-14,18,30-32H,8-9,11-12,29H2,1-3H3. The van der Waals surface area contributed by atoms with Gasteiger partial charge in [-0.3, -0.25) is 28.0 Å². The lowest BCUT2D eigenvalue weighted by molar-refractivity contribution is 0.587. The maximum atomic E-state index is 14.9. The highest BCUT2D eigenvalue weighted by molar-refractivity contribution is 7.90. The van der Waals surface area contributed by atoms with E-state index in [9.17, 15) is 27.2 Å². The zero-order valence-electron chi connectivity index (χ0n) is 22.7. The number of aryl methyl sites for hydroxylation is 2. The van der Waals surface area contributed by atoms with E-state index in [0.717, 1.165) is 4.57 Å². The van der Waals surface area contributed by atoms with Crippen molar-refractivity contribution < 1.29 is 12.8 Å². The molecule has 0 bridgehead atoms. The molecule has 5 N–H and O–H groups in total. The molecule has 0 aliphatic heterocycles. The van der Waals surface area contributed by atoms with Gasteiger partial charge in [-0.15, -0.1) is 0 Å². The molecule has 2 heterocycles. The van der Waals surface area contributed by atoms with E-state index < -0.39 is 32.8 Å². The highest BCUT2D eigenvalue weighted by Crippen LogP contribution is 2.34. The van der Waals surface area contributed by atoms with Gasteiger partial charge in [-0.1, -0.05) is 12.1 Å². The Morgan fingerprint density at radius 3 is 2.44 bits per heavy atom. The number of hydrogen-bond acceptors (Lipinski definition) is 7. The van der Waals surface area contributed by atoms with Gasteiger partial charge in [0.2, 0.25) is 0 Å². The van der Waals surface area contributed by atoms with Gasteiger partial charge in [0.25, 0.3) is 21.3 Å². The van der Waals surface area contributed by atoms with Crippen molar-refractivity contribution in [2.75, 3.05) is 23.1 Å². The number of benzene rings is 2. The minimum Gasteiger partial charge on any atom is -0.338 e. The molecule has 14 heteroatoms. The summed E-state index contributed by atoms with van der Waals surface area (Å²) >= 11 is 0. The number of nitrogens with two attached hydrogens (primary N) is 1. The van der Waals surface area contributed by atoms with Crippen LogP contribution in [0.15, 0.2) is 56.8 Å². The summed E-state index contributed by atoms with van der Waals surface area (Å²) in [6, 6.07) is 10.2. The van der Waals surface area contributed by atoms with E-state index in [-0.39, 0.29) is 58.5 Å². The zero-order chi connectivity index (χ0) is 29.6. The molecule has 12 nitrogen and oxygen atoms in total. The average molecular weight is 584 g/mol. The monoisotopic (exact) mass is 583 g/mol. The minimum absolute atomic E-state index is 0.0192. The van der Waals surface area contributed by atoms with Crippen LogP contribution in [0.1, 0.15) is 30.0 Å². The fourth-order valence-corrected chi connectivity index (χ4v) is 5.69. The summed E-state index contributed by atoms with van der Waals surface area (Å²) < 4.78 is 48.0. The van der Waals surface area contributed by atoms with Crippen molar-refractivity contribution in [2.45, 2.75) is 32.7 Å². The number of nitrogens with one attached hydrogen (secondary N) is 3. The van der Waals surface area contributed by atoms with Crippen LogP contribution < -0.4 is 37.3 Å². The predicted molar refractivity (Wildman–Crippen MR) is 156 cm³/mol. The van der Waals surface area contributed by atoms with Crippen molar-refractivity contribution >= 4 is 38.3 Å². The Hall–Kier alpha value is -4.27. The molecule has 0 spiro atoms. The Kier molecular flexibility index (Phi) is 7.32. The topological polar surface area (TPSA) is 162 Å². The molecule has 0 atom stereocenters. The Labute approximate surface area is 234 Å². The lowest BCUT2D eigenvalue weighted by Crippen LogP contribution is -2.41. The van der Waals surface area contributed by atoms with E-state index in [0.29, 0.717) is 18.4 Å². The minimum atomic E-state index is -3.96. The molecule has 216 valence electrons. The van der Waals surface area contributed by atoms with Crippen molar-refractivity contribution in [1.82, 2.24) is 18.4 Å². The average Bonchev–Trinajstić information content (AvgIpc) is 3.75. The number of rotatable bonds is 9. The first-order valence-corrected chi connectivity index (χ1v) is 14.4. The van der Waals surface area contributed by atoms with Crippen molar-refractivity contribution in [3.63, 3.8) is 0 Å². The molecular formula is C27H30FN7O5S. The van der Waals surface area contributed by atoms with Gasteiger partial charge in [0.15, 0.2) is 0 Å². The van der Waals surface area contributed by atoms with Gasteiger partial charge in [-0.05, 0) is 62.6 Å². The van der Waals surface area contributed by atoms with Crippen LogP contribution in [0.5, 0.6) is 0 Å². The van der Waals surface area contributed by atoms with Crippen LogP contribution in [0.4, 0.5) is 21.6 Å². The molecule has 0 saturated heterocycles. The van der Waals surface area contributed by atoms with Gasteiger partial charge in [-0.2, -0.15) is 13.1 Å². The molecule has 4 aromatic rings. The van der Waals surface area contributed by atoms with Crippen LogP contribution in [0, 0.1) is 19.7 Å². The van der Waals surface area contributed by atoms with E-state index in [1.165, 1.54) is 53.4 Å². The van der Waals surface area contributed by atoms with Gasteiger partial charge in [0.1, 0.15) is 17.0 Å². The number of anilines is 3. The van der Waals surface area contributed by atoms with E-state index in [2.05, 4.69) is 14.8 Å². The van der Waals surface area contributed by atoms with Crippen LogP contribution in [0.25, 0.3) is 16.6 Å². The summed E-state index contributed by atoms with van der Waals surface area (Å²) in [6.07, 6.45) is 1.24. The van der Waals surface area contributed by atoms with Gasteiger partial charge in [0.05, 0.1) is 22.6 Å². The van der Waals surface area contributed by atoms with E-state index >= 15 is 0 Å². The number of halogens is 1. The molecule has 41 heavy (non-hydrogen) atoms. The summed E-state index contributed by atoms with van der Waals surface area (Å²) in [4.78, 5) is 41.3. The van der Waals surface area contributed by atoms with Crippen molar-refractivity contribution in [3.05, 3.63) is 90.6 Å². The Morgan fingerprint density at radius 2 is 1.78 bits per heavy atom. The fourth-order valence-electron chi connectivity index (χ4n) is 4.80. The fraction of sp³-hybridized carbons (Fsp3) is 0.296. The molecule has 0 unspecified atom stereocenters. The number of nitrogens with zero attached hydrogens (tertiary/aromatic N) is 3. The van der Waals surface area contributed by atoms with Crippen molar-refractivity contribution in [3.8, 4) is 5.69 Å². The lowest BCUT2D eigenvalue weighted by Gasteiger charge is -2.21. The lowest BCUT2D eigenvalue weighted by atomic mass is 10.1. The van der Waals surface area contributed by atoms with Crippen LogP contribution in [0.3, 0.4) is 0 Å². The van der Waals surface area contributed by atoms with Crippen molar-refractivity contribution in [1.29, 1.82) is 0 Å². The SMILES string of the molecule is Cc1ccc(Nc2c3c(=O)n(C4CC4)c(=O)n(-c4cccc(NS(=O)(=O)NCCN)c4)c3c(C)c(=O)n2C)c(F)c1. The van der Waals surface area contributed by atoms with Gasteiger partial charge < -0.3 is 11.1 Å². The normalized spacial score (nSPS) is 13.5. The molecule has 2 aromatic heterocycles. The molecule has 0 radical (unpaired) electrons. The second-order valence-corrected chi connectivity index (χ2v) is 11.5. The highest BCUT2D eigenvalue weighted by atomic mass is 32.2. The van der Waals surface area contributed by atoms with Crippen LogP contribution in [-0.4, -0.2) is 35.2 Å². The molecule has 1 saturated carbocycles. The Bertz CT molecular complexity index is 1980.